The Morgan fingerprint density at radius 1 is 1.17 bits per heavy atom. The van der Waals surface area contributed by atoms with Gasteiger partial charge in [0.05, 0.1) is 14.2 Å². The summed E-state index contributed by atoms with van der Waals surface area (Å²) in [6.45, 7) is 0.343. The molecular weight excluding hydrogens is 404 g/mol. The Hall–Kier alpha value is -2.73. The first-order valence-electron chi connectivity index (χ1n) is 9.97. The molecule has 0 spiro atoms. The highest BCUT2D eigenvalue weighted by molar-refractivity contribution is 6.30. The SMILES string of the molecule is COc1cccc(CNC(=O)CCC2(Cc3ccc(Cl)cc3)CCC(=O)N2)c1OC. The van der Waals surface area contributed by atoms with Crippen LogP contribution in [0.15, 0.2) is 42.5 Å². The molecule has 1 unspecified atom stereocenters. The number of rotatable bonds is 9. The summed E-state index contributed by atoms with van der Waals surface area (Å²) < 4.78 is 10.7. The van der Waals surface area contributed by atoms with Crippen LogP contribution in [0.1, 0.15) is 36.8 Å². The number of amides is 2. The van der Waals surface area contributed by atoms with Gasteiger partial charge in [0, 0.05) is 35.5 Å². The normalized spacial score (nSPS) is 18.0. The van der Waals surface area contributed by atoms with Crippen molar-refractivity contribution in [3.8, 4) is 11.5 Å². The van der Waals surface area contributed by atoms with Crippen molar-refractivity contribution in [1.82, 2.24) is 10.6 Å². The minimum absolute atomic E-state index is 0.0329. The van der Waals surface area contributed by atoms with Crippen LogP contribution in [0, 0.1) is 0 Å². The molecule has 2 aromatic carbocycles. The molecule has 0 bridgehead atoms. The molecule has 3 rings (SSSR count). The van der Waals surface area contributed by atoms with E-state index in [1.165, 1.54) is 0 Å². The first-order chi connectivity index (χ1) is 14.4. The van der Waals surface area contributed by atoms with Crippen molar-refractivity contribution < 1.29 is 19.1 Å². The van der Waals surface area contributed by atoms with E-state index >= 15 is 0 Å². The second-order valence-corrected chi connectivity index (χ2v) is 8.00. The predicted molar refractivity (Wildman–Crippen MR) is 116 cm³/mol. The standard InChI is InChI=1S/C23H27ClN2O4/c1-29-19-5-3-4-17(22(19)30-2)15-25-20(27)10-12-23(13-11-21(28)26-23)14-16-6-8-18(24)9-7-16/h3-9H,10-15H2,1-2H3,(H,25,27)(H,26,28). The molecule has 6 nitrogen and oxygen atoms in total. The first kappa shape index (κ1) is 22.0. The molecule has 1 fully saturated rings. The average molecular weight is 431 g/mol. The van der Waals surface area contributed by atoms with E-state index in [1.807, 2.05) is 42.5 Å². The number of carbonyl (C=O) groups is 2. The van der Waals surface area contributed by atoms with Gasteiger partial charge in [0.15, 0.2) is 11.5 Å². The zero-order valence-electron chi connectivity index (χ0n) is 17.3. The smallest absolute Gasteiger partial charge is 0.220 e. The molecule has 2 amide bonds. The van der Waals surface area contributed by atoms with Crippen molar-refractivity contribution in [3.63, 3.8) is 0 Å². The quantitative estimate of drug-likeness (QED) is 0.636. The number of para-hydroxylation sites is 1. The van der Waals surface area contributed by atoms with Crippen LogP contribution in [-0.2, 0) is 22.6 Å². The van der Waals surface area contributed by atoms with E-state index in [0.717, 1.165) is 11.1 Å². The number of carbonyl (C=O) groups excluding carboxylic acids is 2. The first-order valence-corrected chi connectivity index (χ1v) is 10.3. The van der Waals surface area contributed by atoms with Gasteiger partial charge in [-0.05, 0) is 43.0 Å². The summed E-state index contributed by atoms with van der Waals surface area (Å²) in [5, 5.41) is 6.73. The molecule has 0 aromatic heterocycles. The number of halogens is 1. The van der Waals surface area contributed by atoms with E-state index in [0.29, 0.717) is 55.2 Å². The number of ether oxygens (including phenoxy) is 2. The number of benzene rings is 2. The number of hydrogen-bond donors (Lipinski definition) is 2. The third kappa shape index (κ3) is 5.45. The predicted octanol–water partition coefficient (Wildman–Crippen LogP) is 3.65. The fourth-order valence-electron chi connectivity index (χ4n) is 3.90. The van der Waals surface area contributed by atoms with Crippen molar-refractivity contribution in [2.75, 3.05) is 14.2 Å². The summed E-state index contributed by atoms with van der Waals surface area (Å²) in [4.78, 5) is 24.5. The molecule has 2 aromatic rings. The van der Waals surface area contributed by atoms with Crippen LogP contribution >= 0.6 is 11.6 Å². The van der Waals surface area contributed by atoms with Crippen molar-refractivity contribution in [2.45, 2.75) is 44.2 Å². The van der Waals surface area contributed by atoms with E-state index in [1.54, 1.807) is 14.2 Å². The third-order valence-electron chi connectivity index (χ3n) is 5.48. The largest absolute Gasteiger partial charge is 0.493 e. The average Bonchev–Trinajstić information content (AvgIpc) is 3.12. The van der Waals surface area contributed by atoms with Gasteiger partial charge in [-0.3, -0.25) is 9.59 Å². The Kier molecular flexibility index (Phi) is 7.21. The maximum absolute atomic E-state index is 12.5. The van der Waals surface area contributed by atoms with Gasteiger partial charge in [-0.25, -0.2) is 0 Å². The van der Waals surface area contributed by atoms with Gasteiger partial charge in [0.2, 0.25) is 11.8 Å². The molecule has 1 saturated heterocycles. The Bertz CT molecular complexity index is 901. The monoisotopic (exact) mass is 430 g/mol. The summed E-state index contributed by atoms with van der Waals surface area (Å²) in [7, 11) is 3.16. The molecule has 160 valence electrons. The Morgan fingerprint density at radius 2 is 1.93 bits per heavy atom. The lowest BCUT2D eigenvalue weighted by atomic mass is 9.85. The van der Waals surface area contributed by atoms with Gasteiger partial charge >= 0.3 is 0 Å². The minimum atomic E-state index is -0.407. The van der Waals surface area contributed by atoms with Crippen molar-refractivity contribution in [2.24, 2.45) is 0 Å². The van der Waals surface area contributed by atoms with Crippen LogP contribution < -0.4 is 20.1 Å². The molecule has 7 heteroatoms. The minimum Gasteiger partial charge on any atom is -0.493 e. The fourth-order valence-corrected chi connectivity index (χ4v) is 4.03. The van der Waals surface area contributed by atoms with Gasteiger partial charge in [-0.1, -0.05) is 35.9 Å². The summed E-state index contributed by atoms with van der Waals surface area (Å²) in [6, 6.07) is 13.2. The summed E-state index contributed by atoms with van der Waals surface area (Å²) in [6.07, 6.45) is 2.76. The lowest BCUT2D eigenvalue weighted by Crippen LogP contribution is -2.44. The zero-order chi connectivity index (χ0) is 21.6. The maximum atomic E-state index is 12.5. The number of nitrogens with one attached hydrogen (secondary N) is 2. The summed E-state index contributed by atoms with van der Waals surface area (Å²) in [5.41, 5.74) is 1.52. The lowest BCUT2D eigenvalue weighted by molar-refractivity contribution is -0.122. The van der Waals surface area contributed by atoms with Crippen LogP contribution in [-0.4, -0.2) is 31.6 Å². The van der Waals surface area contributed by atoms with E-state index in [9.17, 15) is 9.59 Å². The highest BCUT2D eigenvalue weighted by atomic mass is 35.5. The van der Waals surface area contributed by atoms with E-state index in [4.69, 9.17) is 21.1 Å². The van der Waals surface area contributed by atoms with Crippen molar-refractivity contribution >= 4 is 23.4 Å². The molecule has 30 heavy (non-hydrogen) atoms. The summed E-state index contributed by atoms with van der Waals surface area (Å²) in [5.74, 6) is 1.20. The Morgan fingerprint density at radius 3 is 2.57 bits per heavy atom. The highest BCUT2D eigenvalue weighted by Gasteiger charge is 2.37. The maximum Gasteiger partial charge on any atom is 0.220 e. The Labute approximate surface area is 181 Å². The van der Waals surface area contributed by atoms with E-state index < -0.39 is 5.54 Å². The van der Waals surface area contributed by atoms with Gasteiger partial charge in [0.1, 0.15) is 0 Å². The van der Waals surface area contributed by atoms with Crippen LogP contribution in [0.5, 0.6) is 11.5 Å². The van der Waals surface area contributed by atoms with Crippen LogP contribution in [0.4, 0.5) is 0 Å². The van der Waals surface area contributed by atoms with Crippen LogP contribution in [0.3, 0.4) is 0 Å². The molecule has 0 saturated carbocycles. The third-order valence-corrected chi connectivity index (χ3v) is 5.73. The van der Waals surface area contributed by atoms with Gasteiger partial charge in [-0.15, -0.1) is 0 Å². The molecule has 1 atom stereocenters. The van der Waals surface area contributed by atoms with Gasteiger partial charge in [-0.2, -0.15) is 0 Å². The van der Waals surface area contributed by atoms with Crippen molar-refractivity contribution in [1.29, 1.82) is 0 Å². The molecule has 0 aliphatic carbocycles. The molecule has 1 heterocycles. The van der Waals surface area contributed by atoms with Gasteiger partial charge in [0.25, 0.3) is 0 Å². The molecule has 1 aliphatic heterocycles. The van der Waals surface area contributed by atoms with E-state index in [2.05, 4.69) is 10.6 Å². The topological polar surface area (TPSA) is 76.7 Å². The van der Waals surface area contributed by atoms with Crippen molar-refractivity contribution in [3.05, 3.63) is 58.6 Å². The zero-order valence-corrected chi connectivity index (χ0v) is 18.1. The highest BCUT2D eigenvalue weighted by Crippen LogP contribution is 2.31. The Balaban J connectivity index is 1.60. The van der Waals surface area contributed by atoms with E-state index in [-0.39, 0.29) is 11.8 Å². The molecule has 0 radical (unpaired) electrons. The second-order valence-electron chi connectivity index (χ2n) is 7.56. The number of hydrogen-bond acceptors (Lipinski definition) is 4. The lowest BCUT2D eigenvalue weighted by Gasteiger charge is -2.29. The second kappa shape index (κ2) is 9.85. The fraction of sp³-hybridized carbons (Fsp3) is 0.391. The van der Waals surface area contributed by atoms with Crippen LogP contribution in [0.2, 0.25) is 5.02 Å². The molecule has 1 aliphatic rings. The van der Waals surface area contributed by atoms with Gasteiger partial charge < -0.3 is 20.1 Å². The summed E-state index contributed by atoms with van der Waals surface area (Å²) >= 11 is 5.98. The molecular formula is C23H27ClN2O4. The number of methoxy groups -OCH3 is 2. The van der Waals surface area contributed by atoms with Crippen LogP contribution in [0.25, 0.3) is 0 Å². The molecule has 2 N–H and O–H groups in total.